The molecule has 1 amide bonds. The summed E-state index contributed by atoms with van der Waals surface area (Å²) in [5.41, 5.74) is 0.751. The van der Waals surface area contributed by atoms with Crippen molar-refractivity contribution in [1.29, 1.82) is 0 Å². The molecule has 1 saturated carbocycles. The molecule has 116 valence electrons. The van der Waals surface area contributed by atoms with Crippen molar-refractivity contribution in [2.24, 2.45) is 5.92 Å². The maximum absolute atomic E-state index is 12.2. The van der Waals surface area contributed by atoms with Crippen molar-refractivity contribution >= 4 is 21.8 Å². The van der Waals surface area contributed by atoms with Crippen molar-refractivity contribution in [1.82, 2.24) is 5.32 Å². The predicted molar refractivity (Wildman–Crippen MR) is 88.1 cm³/mol. The number of amides is 1. The molecule has 0 aromatic heterocycles. The van der Waals surface area contributed by atoms with Crippen LogP contribution in [0.5, 0.6) is 0 Å². The van der Waals surface area contributed by atoms with Crippen molar-refractivity contribution in [3.8, 4) is 0 Å². The fraction of sp³-hybridized carbons (Fsp3) is 0.588. The van der Waals surface area contributed by atoms with E-state index in [0.29, 0.717) is 12.3 Å². The largest absolute Gasteiger partial charge is 0.394 e. The number of aliphatic hydroxyl groups excluding tert-OH is 1. The molecular weight excluding hydrogens is 330 g/mol. The van der Waals surface area contributed by atoms with Crippen LogP contribution in [0.15, 0.2) is 28.7 Å². The molecule has 0 radical (unpaired) electrons. The standard InChI is InChI=1S/C17H24BrNO2/c1-13-4-3-9-17(11-13,12-20)19-16(21)8-7-14-5-2-6-15(18)10-14/h2,5-6,10,13,20H,3-4,7-9,11-12H2,1H3,(H,19,21). The lowest BCUT2D eigenvalue weighted by Gasteiger charge is -2.39. The Labute approximate surface area is 135 Å². The Balaban J connectivity index is 1.88. The summed E-state index contributed by atoms with van der Waals surface area (Å²) in [6, 6.07) is 8.03. The quantitative estimate of drug-likeness (QED) is 0.851. The minimum atomic E-state index is -0.397. The molecule has 0 aliphatic heterocycles. The van der Waals surface area contributed by atoms with Crippen LogP contribution in [-0.2, 0) is 11.2 Å². The van der Waals surface area contributed by atoms with Gasteiger partial charge in [0.15, 0.2) is 0 Å². The first-order valence-corrected chi connectivity index (χ1v) is 8.49. The van der Waals surface area contributed by atoms with Gasteiger partial charge in [-0.05, 0) is 42.9 Å². The van der Waals surface area contributed by atoms with Gasteiger partial charge in [-0.3, -0.25) is 4.79 Å². The van der Waals surface area contributed by atoms with Gasteiger partial charge in [-0.1, -0.05) is 47.8 Å². The smallest absolute Gasteiger partial charge is 0.220 e. The summed E-state index contributed by atoms with van der Waals surface area (Å²) in [5, 5.41) is 12.8. The van der Waals surface area contributed by atoms with Gasteiger partial charge in [0.25, 0.3) is 0 Å². The molecule has 21 heavy (non-hydrogen) atoms. The topological polar surface area (TPSA) is 49.3 Å². The van der Waals surface area contributed by atoms with Crippen LogP contribution >= 0.6 is 15.9 Å². The lowest BCUT2D eigenvalue weighted by atomic mass is 9.76. The summed E-state index contributed by atoms with van der Waals surface area (Å²) < 4.78 is 1.04. The molecule has 0 saturated heterocycles. The second-order valence-corrected chi connectivity index (χ2v) is 7.23. The van der Waals surface area contributed by atoms with Crippen LogP contribution in [0.4, 0.5) is 0 Å². The summed E-state index contributed by atoms with van der Waals surface area (Å²) in [6.07, 6.45) is 5.22. The lowest BCUT2D eigenvalue weighted by molar-refractivity contribution is -0.124. The number of carbonyl (C=O) groups is 1. The highest BCUT2D eigenvalue weighted by Crippen LogP contribution is 2.32. The van der Waals surface area contributed by atoms with Gasteiger partial charge in [0, 0.05) is 10.9 Å². The highest BCUT2D eigenvalue weighted by Gasteiger charge is 2.35. The monoisotopic (exact) mass is 353 g/mol. The zero-order valence-corrected chi connectivity index (χ0v) is 14.2. The zero-order valence-electron chi connectivity index (χ0n) is 12.6. The Morgan fingerprint density at radius 1 is 1.52 bits per heavy atom. The first kappa shape index (κ1) is 16.5. The van der Waals surface area contributed by atoms with Gasteiger partial charge >= 0.3 is 0 Å². The minimum absolute atomic E-state index is 0.0399. The van der Waals surface area contributed by atoms with E-state index in [-0.39, 0.29) is 12.5 Å². The fourth-order valence-corrected chi connectivity index (χ4v) is 3.71. The number of benzene rings is 1. The number of nitrogens with one attached hydrogen (secondary N) is 1. The molecule has 0 bridgehead atoms. The second-order valence-electron chi connectivity index (χ2n) is 6.32. The van der Waals surface area contributed by atoms with Crippen LogP contribution in [0.1, 0.15) is 44.6 Å². The molecule has 1 aliphatic carbocycles. The van der Waals surface area contributed by atoms with E-state index >= 15 is 0 Å². The number of aliphatic hydroxyl groups is 1. The summed E-state index contributed by atoms with van der Waals surface area (Å²) >= 11 is 3.44. The third-order valence-electron chi connectivity index (χ3n) is 4.33. The number of rotatable bonds is 5. The Bertz CT molecular complexity index is 491. The molecule has 1 aromatic carbocycles. The van der Waals surface area contributed by atoms with Crippen LogP contribution in [0.3, 0.4) is 0 Å². The third kappa shape index (κ3) is 4.82. The van der Waals surface area contributed by atoms with Gasteiger partial charge in [0.2, 0.25) is 5.91 Å². The molecule has 2 rings (SSSR count). The Morgan fingerprint density at radius 2 is 2.33 bits per heavy atom. The molecule has 1 fully saturated rings. The molecule has 4 heteroatoms. The molecule has 1 aliphatic rings. The zero-order chi connectivity index (χ0) is 15.3. The molecule has 1 aromatic rings. The van der Waals surface area contributed by atoms with E-state index in [1.54, 1.807) is 0 Å². The number of aryl methyl sites for hydroxylation is 1. The van der Waals surface area contributed by atoms with Crippen LogP contribution in [0.2, 0.25) is 0 Å². The molecule has 0 spiro atoms. The molecule has 0 heterocycles. The number of hydrogen-bond acceptors (Lipinski definition) is 2. The fourth-order valence-electron chi connectivity index (χ4n) is 3.27. The highest BCUT2D eigenvalue weighted by atomic mass is 79.9. The predicted octanol–water partition coefficient (Wildman–Crippen LogP) is 3.44. The van der Waals surface area contributed by atoms with Gasteiger partial charge in [-0.25, -0.2) is 0 Å². The first-order chi connectivity index (χ1) is 10.0. The van der Waals surface area contributed by atoms with Crippen LogP contribution in [0.25, 0.3) is 0 Å². The van der Waals surface area contributed by atoms with Gasteiger partial charge in [0.1, 0.15) is 0 Å². The SMILES string of the molecule is CC1CCCC(CO)(NC(=O)CCc2cccc(Br)c2)C1. The Hall–Kier alpha value is -0.870. The first-order valence-electron chi connectivity index (χ1n) is 7.69. The van der Waals surface area contributed by atoms with E-state index in [4.69, 9.17) is 0 Å². The van der Waals surface area contributed by atoms with E-state index in [0.717, 1.165) is 35.7 Å². The Kier molecular flexibility index (Phi) is 5.82. The van der Waals surface area contributed by atoms with Crippen LogP contribution < -0.4 is 5.32 Å². The van der Waals surface area contributed by atoms with Gasteiger partial charge in [0.05, 0.1) is 12.1 Å². The lowest BCUT2D eigenvalue weighted by Crippen LogP contribution is -2.53. The van der Waals surface area contributed by atoms with E-state index in [9.17, 15) is 9.90 Å². The van der Waals surface area contributed by atoms with E-state index in [1.165, 1.54) is 6.42 Å². The van der Waals surface area contributed by atoms with Crippen molar-refractivity contribution in [3.05, 3.63) is 34.3 Å². The van der Waals surface area contributed by atoms with E-state index < -0.39 is 5.54 Å². The van der Waals surface area contributed by atoms with Crippen LogP contribution in [0, 0.1) is 5.92 Å². The average Bonchev–Trinajstić information content (AvgIpc) is 2.45. The summed E-state index contributed by atoms with van der Waals surface area (Å²) in [7, 11) is 0. The van der Waals surface area contributed by atoms with Crippen molar-refractivity contribution in [2.45, 2.75) is 51.0 Å². The average molecular weight is 354 g/mol. The normalized spacial score (nSPS) is 25.6. The molecule has 3 nitrogen and oxygen atoms in total. The van der Waals surface area contributed by atoms with Crippen molar-refractivity contribution in [3.63, 3.8) is 0 Å². The van der Waals surface area contributed by atoms with Crippen LogP contribution in [-0.4, -0.2) is 23.2 Å². The summed E-state index contributed by atoms with van der Waals surface area (Å²) in [6.45, 7) is 2.23. The number of halogens is 1. The van der Waals surface area contributed by atoms with Gasteiger partial charge < -0.3 is 10.4 Å². The molecule has 2 N–H and O–H groups in total. The number of hydrogen-bond donors (Lipinski definition) is 2. The maximum Gasteiger partial charge on any atom is 0.220 e. The molecule has 2 unspecified atom stereocenters. The summed E-state index contributed by atoms with van der Waals surface area (Å²) in [5.74, 6) is 0.606. The molecule has 2 atom stereocenters. The highest BCUT2D eigenvalue weighted by molar-refractivity contribution is 9.10. The molecular formula is C17H24BrNO2. The second kappa shape index (κ2) is 7.41. The maximum atomic E-state index is 12.2. The van der Waals surface area contributed by atoms with Gasteiger partial charge in [-0.2, -0.15) is 0 Å². The van der Waals surface area contributed by atoms with Gasteiger partial charge in [-0.15, -0.1) is 0 Å². The summed E-state index contributed by atoms with van der Waals surface area (Å²) in [4.78, 5) is 12.2. The van der Waals surface area contributed by atoms with Crippen molar-refractivity contribution < 1.29 is 9.90 Å². The Morgan fingerprint density at radius 3 is 3.00 bits per heavy atom. The minimum Gasteiger partial charge on any atom is -0.394 e. The van der Waals surface area contributed by atoms with E-state index in [1.807, 2.05) is 24.3 Å². The number of carbonyl (C=O) groups excluding carboxylic acids is 1. The van der Waals surface area contributed by atoms with Crippen molar-refractivity contribution in [2.75, 3.05) is 6.61 Å². The van der Waals surface area contributed by atoms with E-state index in [2.05, 4.69) is 28.2 Å². The third-order valence-corrected chi connectivity index (χ3v) is 4.82.